The number of hydrogen-bond acceptors (Lipinski definition) is 6. The van der Waals surface area contributed by atoms with Crippen molar-refractivity contribution in [2.45, 2.75) is 46.5 Å². The zero-order valence-corrected chi connectivity index (χ0v) is 13.6. The molecule has 0 aliphatic carbocycles. The zero-order chi connectivity index (χ0) is 15.9. The van der Waals surface area contributed by atoms with Gasteiger partial charge in [0.15, 0.2) is 0 Å². The topological polar surface area (TPSA) is 76.1 Å². The lowest BCUT2D eigenvalue weighted by Crippen LogP contribution is -2.21. The number of ether oxygens (including phenoxy) is 1. The fourth-order valence-corrected chi connectivity index (χ4v) is 1.59. The summed E-state index contributed by atoms with van der Waals surface area (Å²) in [5.41, 5.74) is -0.162. The molecule has 118 valence electrons. The third-order valence-corrected chi connectivity index (χ3v) is 2.67. The maximum absolute atomic E-state index is 11.4. The van der Waals surface area contributed by atoms with Crippen molar-refractivity contribution in [1.29, 1.82) is 0 Å². The van der Waals surface area contributed by atoms with Gasteiger partial charge in [-0.2, -0.15) is 0 Å². The molecule has 1 heterocycles. The van der Waals surface area contributed by atoms with E-state index in [-0.39, 0.29) is 17.9 Å². The van der Waals surface area contributed by atoms with Crippen molar-refractivity contribution in [3.8, 4) is 0 Å². The van der Waals surface area contributed by atoms with Crippen LogP contribution < -0.4 is 10.6 Å². The van der Waals surface area contributed by atoms with Crippen LogP contribution >= 0.6 is 0 Å². The molecule has 1 aromatic rings. The largest absolute Gasteiger partial charge is 0.465 e. The molecule has 1 aromatic heterocycles. The molecule has 0 bridgehead atoms. The minimum Gasteiger partial charge on any atom is -0.465 e. The van der Waals surface area contributed by atoms with Crippen LogP contribution in [0.5, 0.6) is 0 Å². The number of rotatable bonds is 7. The summed E-state index contributed by atoms with van der Waals surface area (Å²) < 4.78 is 4.90. The van der Waals surface area contributed by atoms with E-state index in [1.165, 1.54) is 0 Å². The lowest BCUT2D eigenvalue weighted by atomic mass is 9.96. The van der Waals surface area contributed by atoms with Crippen molar-refractivity contribution in [3.63, 3.8) is 0 Å². The van der Waals surface area contributed by atoms with Crippen LogP contribution in [0.4, 0.5) is 11.6 Å². The lowest BCUT2D eigenvalue weighted by molar-refractivity contribution is -0.140. The minimum atomic E-state index is -0.295. The normalized spacial score (nSPS) is 11.1. The second kappa shape index (κ2) is 7.81. The molecular formula is C15H26N4O2. The van der Waals surface area contributed by atoms with Crippen LogP contribution in [0.3, 0.4) is 0 Å². The summed E-state index contributed by atoms with van der Waals surface area (Å²) >= 11 is 0. The summed E-state index contributed by atoms with van der Waals surface area (Å²) in [5, 5.41) is 6.25. The monoisotopic (exact) mass is 294 g/mol. The number of aromatic nitrogens is 2. The Bertz CT molecular complexity index is 469. The van der Waals surface area contributed by atoms with Gasteiger partial charge in [-0.3, -0.25) is 4.79 Å². The summed E-state index contributed by atoms with van der Waals surface area (Å²) in [6, 6.07) is 1.81. The molecule has 1 rings (SSSR count). The van der Waals surface area contributed by atoms with Gasteiger partial charge in [0, 0.05) is 18.0 Å². The van der Waals surface area contributed by atoms with Crippen LogP contribution in [0.1, 0.15) is 46.9 Å². The van der Waals surface area contributed by atoms with Gasteiger partial charge in [0.1, 0.15) is 24.0 Å². The van der Waals surface area contributed by atoms with Gasteiger partial charge in [0.25, 0.3) is 0 Å². The van der Waals surface area contributed by atoms with E-state index in [4.69, 9.17) is 4.74 Å². The van der Waals surface area contributed by atoms with Gasteiger partial charge in [0.2, 0.25) is 0 Å². The molecule has 0 saturated carbocycles. The maximum atomic E-state index is 11.4. The van der Waals surface area contributed by atoms with E-state index in [1.54, 1.807) is 6.92 Å². The van der Waals surface area contributed by atoms with E-state index in [0.717, 1.165) is 24.6 Å². The Morgan fingerprint density at radius 3 is 2.33 bits per heavy atom. The van der Waals surface area contributed by atoms with E-state index in [0.29, 0.717) is 12.4 Å². The summed E-state index contributed by atoms with van der Waals surface area (Å²) in [6.07, 6.45) is 1.01. The molecule has 0 spiro atoms. The van der Waals surface area contributed by atoms with E-state index >= 15 is 0 Å². The van der Waals surface area contributed by atoms with Crippen molar-refractivity contribution in [1.82, 2.24) is 9.97 Å². The molecule has 0 aromatic carbocycles. The van der Waals surface area contributed by atoms with Crippen LogP contribution in [0.15, 0.2) is 6.07 Å². The fraction of sp³-hybridized carbons (Fsp3) is 0.667. The number of esters is 1. The molecule has 0 fully saturated rings. The Balaban J connectivity index is 2.88. The van der Waals surface area contributed by atoms with Gasteiger partial charge in [-0.25, -0.2) is 9.97 Å². The quantitative estimate of drug-likeness (QED) is 0.753. The van der Waals surface area contributed by atoms with Crippen molar-refractivity contribution < 1.29 is 9.53 Å². The third kappa shape index (κ3) is 5.97. The minimum absolute atomic E-state index is 0.0989. The summed E-state index contributed by atoms with van der Waals surface area (Å²) in [5.74, 6) is 1.83. The lowest BCUT2D eigenvalue weighted by Gasteiger charge is -2.19. The number of anilines is 2. The van der Waals surface area contributed by atoms with E-state index in [2.05, 4.69) is 48.3 Å². The van der Waals surface area contributed by atoms with Crippen LogP contribution in [0.25, 0.3) is 0 Å². The van der Waals surface area contributed by atoms with Crippen LogP contribution in [0, 0.1) is 0 Å². The Hall–Kier alpha value is -1.85. The fourth-order valence-electron chi connectivity index (χ4n) is 1.59. The Morgan fingerprint density at radius 1 is 1.19 bits per heavy atom. The van der Waals surface area contributed by atoms with Crippen LogP contribution in [0.2, 0.25) is 0 Å². The molecule has 0 aliphatic heterocycles. The predicted octanol–water partition coefficient (Wildman–Crippen LogP) is 2.57. The molecule has 0 atom stereocenters. The van der Waals surface area contributed by atoms with Gasteiger partial charge in [-0.15, -0.1) is 0 Å². The van der Waals surface area contributed by atoms with Crippen molar-refractivity contribution in [3.05, 3.63) is 11.9 Å². The van der Waals surface area contributed by atoms with Gasteiger partial charge in [-0.1, -0.05) is 27.7 Å². The van der Waals surface area contributed by atoms with E-state index in [9.17, 15) is 4.79 Å². The van der Waals surface area contributed by atoms with Gasteiger partial charge in [0.05, 0.1) is 6.61 Å². The van der Waals surface area contributed by atoms with Crippen molar-refractivity contribution in [2.24, 2.45) is 0 Å². The Labute approximate surface area is 126 Å². The summed E-state index contributed by atoms with van der Waals surface area (Å²) in [4.78, 5) is 20.4. The van der Waals surface area contributed by atoms with Gasteiger partial charge in [-0.05, 0) is 13.3 Å². The first-order valence-electron chi connectivity index (χ1n) is 7.39. The highest BCUT2D eigenvalue weighted by atomic mass is 16.5. The molecule has 0 amide bonds. The first-order valence-corrected chi connectivity index (χ1v) is 7.39. The number of carbonyl (C=O) groups excluding carboxylic acids is 1. The highest BCUT2D eigenvalue weighted by Crippen LogP contribution is 2.22. The molecule has 0 saturated heterocycles. The molecule has 0 radical (unpaired) electrons. The number of carbonyl (C=O) groups is 1. The van der Waals surface area contributed by atoms with Gasteiger partial charge < -0.3 is 15.4 Å². The average Bonchev–Trinajstić information content (AvgIpc) is 2.42. The Kier molecular flexibility index (Phi) is 6.39. The highest BCUT2D eigenvalue weighted by molar-refractivity contribution is 5.74. The van der Waals surface area contributed by atoms with Crippen LogP contribution in [-0.2, 0) is 14.9 Å². The van der Waals surface area contributed by atoms with Crippen molar-refractivity contribution >= 4 is 17.6 Å². The molecule has 21 heavy (non-hydrogen) atoms. The van der Waals surface area contributed by atoms with E-state index < -0.39 is 0 Å². The highest BCUT2D eigenvalue weighted by Gasteiger charge is 2.19. The molecule has 6 heteroatoms. The van der Waals surface area contributed by atoms with E-state index in [1.807, 2.05) is 6.07 Å². The second-order valence-electron chi connectivity index (χ2n) is 5.80. The molecule has 6 nitrogen and oxygen atoms in total. The first-order chi connectivity index (χ1) is 9.86. The Morgan fingerprint density at radius 2 is 1.81 bits per heavy atom. The molecular weight excluding hydrogens is 268 g/mol. The third-order valence-electron chi connectivity index (χ3n) is 2.67. The number of nitrogens with one attached hydrogen (secondary N) is 2. The second-order valence-corrected chi connectivity index (χ2v) is 5.80. The smallest absolute Gasteiger partial charge is 0.325 e. The zero-order valence-electron chi connectivity index (χ0n) is 13.6. The SMILES string of the molecule is CCCNc1cc(NCC(=O)OCC)nc(C(C)(C)C)n1. The van der Waals surface area contributed by atoms with Gasteiger partial charge >= 0.3 is 5.97 Å². The average molecular weight is 294 g/mol. The predicted molar refractivity (Wildman–Crippen MR) is 84.6 cm³/mol. The summed E-state index contributed by atoms with van der Waals surface area (Å²) in [6.45, 7) is 11.4. The molecule has 0 aliphatic rings. The number of hydrogen-bond donors (Lipinski definition) is 2. The van der Waals surface area contributed by atoms with Crippen molar-refractivity contribution in [2.75, 3.05) is 30.3 Å². The summed E-state index contributed by atoms with van der Waals surface area (Å²) in [7, 11) is 0. The molecule has 2 N–H and O–H groups in total. The first kappa shape index (κ1) is 17.2. The number of nitrogens with zero attached hydrogens (tertiary/aromatic N) is 2. The standard InChI is InChI=1S/C15H26N4O2/c1-6-8-16-11-9-12(17-10-13(20)21-7-2)19-14(18-11)15(3,4)5/h9H,6-8,10H2,1-5H3,(H2,16,17,18,19). The molecule has 0 unspecified atom stereocenters. The van der Waals surface area contributed by atoms with Crippen LogP contribution in [-0.4, -0.2) is 35.6 Å². The maximum Gasteiger partial charge on any atom is 0.325 e.